The highest BCUT2D eigenvalue weighted by molar-refractivity contribution is 6.17. The normalized spacial score (nSPS) is 11.9. The third-order valence-corrected chi connectivity index (χ3v) is 12.6. The number of hydrogen-bond acceptors (Lipinski definition) is 3. The fourth-order valence-corrected chi connectivity index (χ4v) is 9.84. The van der Waals surface area contributed by atoms with Crippen molar-refractivity contribution in [3.63, 3.8) is 0 Å². The number of para-hydroxylation sites is 4. The third kappa shape index (κ3) is 5.27. The lowest BCUT2D eigenvalue weighted by atomic mass is 9.96. The van der Waals surface area contributed by atoms with Crippen LogP contribution in [0.3, 0.4) is 0 Å². The Bertz CT molecular complexity index is 3830. The van der Waals surface area contributed by atoms with Crippen LogP contribution in [0.5, 0.6) is 0 Å². The number of benzene rings is 10. The molecule has 0 aliphatic rings. The zero-order valence-electron chi connectivity index (χ0n) is 33.5. The molecule has 0 atom stereocenters. The highest BCUT2D eigenvalue weighted by atomic mass is 16.3. The van der Waals surface area contributed by atoms with Crippen LogP contribution in [0.4, 0.5) is 17.1 Å². The Kier molecular flexibility index (Phi) is 7.57. The average Bonchev–Trinajstić information content (AvgIpc) is 4.01. The summed E-state index contributed by atoms with van der Waals surface area (Å²) < 4.78 is 15.3. The molecule has 0 amide bonds. The average molecular weight is 793 g/mol. The van der Waals surface area contributed by atoms with Crippen LogP contribution in [0.15, 0.2) is 227 Å². The van der Waals surface area contributed by atoms with Gasteiger partial charge >= 0.3 is 0 Å². The number of aromatic nitrogens is 1. The Morgan fingerprint density at radius 3 is 1.68 bits per heavy atom. The van der Waals surface area contributed by atoms with E-state index in [1.54, 1.807) is 0 Å². The van der Waals surface area contributed by atoms with Crippen LogP contribution < -0.4 is 4.90 Å². The van der Waals surface area contributed by atoms with Gasteiger partial charge in [0, 0.05) is 54.9 Å². The molecule has 0 N–H and O–H groups in total. The third-order valence-electron chi connectivity index (χ3n) is 12.6. The number of nitrogens with zero attached hydrogens (tertiary/aromatic N) is 2. The van der Waals surface area contributed by atoms with E-state index in [0.29, 0.717) is 0 Å². The standard InChI is InChI=1S/C58H36N2O2/c1-2-15-39-35-56-49(34-38(39)14-1)58-47(23-13-29-55(58)62-56)46-20-5-7-24-50(46)59(40-32-30-37(31-33-40)43-22-12-28-54-57(43)48-21-6-10-27-53(48)61-54)41-16-11-17-42(36-41)60-51-25-8-3-18-44(51)45-19-4-9-26-52(45)60/h1-36H. The van der Waals surface area contributed by atoms with Gasteiger partial charge in [0.2, 0.25) is 0 Å². The van der Waals surface area contributed by atoms with Gasteiger partial charge in [0.15, 0.2) is 0 Å². The first-order valence-corrected chi connectivity index (χ1v) is 21.1. The summed E-state index contributed by atoms with van der Waals surface area (Å²) in [6, 6.07) is 78.1. The van der Waals surface area contributed by atoms with Crippen molar-refractivity contribution in [3.8, 4) is 27.9 Å². The molecule has 0 bridgehead atoms. The number of furan rings is 2. The lowest BCUT2D eigenvalue weighted by Gasteiger charge is -2.29. The van der Waals surface area contributed by atoms with Crippen molar-refractivity contribution in [2.75, 3.05) is 4.90 Å². The van der Waals surface area contributed by atoms with Gasteiger partial charge in [-0.2, -0.15) is 0 Å². The number of anilines is 3. The van der Waals surface area contributed by atoms with Crippen LogP contribution in [0.1, 0.15) is 0 Å². The Morgan fingerprint density at radius 1 is 0.339 bits per heavy atom. The summed E-state index contributed by atoms with van der Waals surface area (Å²) in [7, 11) is 0. The van der Waals surface area contributed by atoms with E-state index in [1.165, 1.54) is 27.2 Å². The summed E-state index contributed by atoms with van der Waals surface area (Å²) in [5.41, 5.74) is 14.6. The summed E-state index contributed by atoms with van der Waals surface area (Å²) in [6.45, 7) is 0. The van der Waals surface area contributed by atoms with Crippen molar-refractivity contribution in [3.05, 3.63) is 218 Å². The smallest absolute Gasteiger partial charge is 0.136 e. The van der Waals surface area contributed by atoms with Gasteiger partial charge in [0.25, 0.3) is 0 Å². The van der Waals surface area contributed by atoms with Crippen LogP contribution in [0.25, 0.3) is 104 Å². The number of rotatable bonds is 6. The van der Waals surface area contributed by atoms with E-state index in [1.807, 2.05) is 12.1 Å². The van der Waals surface area contributed by atoms with E-state index < -0.39 is 0 Å². The molecule has 0 aliphatic heterocycles. The Morgan fingerprint density at radius 2 is 0.903 bits per heavy atom. The molecule has 0 saturated carbocycles. The minimum Gasteiger partial charge on any atom is -0.456 e. The van der Waals surface area contributed by atoms with Crippen LogP contribution >= 0.6 is 0 Å². The van der Waals surface area contributed by atoms with Gasteiger partial charge in [-0.1, -0.05) is 140 Å². The van der Waals surface area contributed by atoms with Crippen LogP contribution in [0.2, 0.25) is 0 Å². The highest BCUT2D eigenvalue weighted by Crippen LogP contribution is 2.46. The first-order chi connectivity index (χ1) is 30.7. The second-order valence-electron chi connectivity index (χ2n) is 16.0. The maximum Gasteiger partial charge on any atom is 0.136 e. The summed E-state index contributed by atoms with van der Waals surface area (Å²) in [6.07, 6.45) is 0. The molecule has 290 valence electrons. The molecule has 0 radical (unpaired) electrons. The van der Waals surface area contributed by atoms with Gasteiger partial charge in [-0.15, -0.1) is 0 Å². The largest absolute Gasteiger partial charge is 0.456 e. The van der Waals surface area contributed by atoms with E-state index >= 15 is 0 Å². The second-order valence-corrected chi connectivity index (χ2v) is 16.0. The molecule has 0 aliphatic carbocycles. The first kappa shape index (κ1) is 34.5. The van der Waals surface area contributed by atoms with Crippen LogP contribution in [-0.2, 0) is 0 Å². The molecule has 13 aromatic rings. The lowest BCUT2D eigenvalue weighted by molar-refractivity contribution is 0.669. The van der Waals surface area contributed by atoms with Gasteiger partial charge in [-0.05, 0) is 106 Å². The van der Waals surface area contributed by atoms with Crippen molar-refractivity contribution in [2.24, 2.45) is 0 Å². The fourth-order valence-electron chi connectivity index (χ4n) is 9.84. The van der Waals surface area contributed by atoms with Crippen LogP contribution in [-0.4, -0.2) is 4.57 Å². The summed E-state index contributed by atoms with van der Waals surface area (Å²) in [5, 5.41) is 9.28. The molecule has 3 heterocycles. The minimum atomic E-state index is 0.868. The molecule has 4 nitrogen and oxygen atoms in total. The molecule has 4 heteroatoms. The van der Waals surface area contributed by atoms with E-state index in [-0.39, 0.29) is 0 Å². The zero-order chi connectivity index (χ0) is 40.7. The van der Waals surface area contributed by atoms with Gasteiger partial charge in [-0.25, -0.2) is 0 Å². The Balaban J connectivity index is 1.03. The quantitative estimate of drug-likeness (QED) is 0.168. The lowest BCUT2D eigenvalue weighted by Crippen LogP contribution is -2.12. The van der Waals surface area contributed by atoms with E-state index in [2.05, 4.69) is 216 Å². The van der Waals surface area contributed by atoms with E-state index in [0.717, 1.165) is 94.3 Å². The summed E-state index contributed by atoms with van der Waals surface area (Å²) >= 11 is 0. The molecule has 10 aromatic carbocycles. The van der Waals surface area contributed by atoms with Gasteiger partial charge in [-0.3, -0.25) is 0 Å². The van der Waals surface area contributed by atoms with Crippen molar-refractivity contribution in [1.29, 1.82) is 0 Å². The highest BCUT2D eigenvalue weighted by Gasteiger charge is 2.22. The van der Waals surface area contributed by atoms with E-state index in [9.17, 15) is 0 Å². The van der Waals surface area contributed by atoms with Crippen molar-refractivity contribution in [1.82, 2.24) is 4.57 Å². The SMILES string of the molecule is c1cc(N(c2ccc(-c3cccc4oc5ccccc5c34)cc2)c2ccccc2-c2cccc3oc4cc5ccccc5cc4c23)cc(-n2c3ccccc3c3ccccc32)c1. The van der Waals surface area contributed by atoms with E-state index in [4.69, 9.17) is 8.83 Å². The minimum absolute atomic E-state index is 0.868. The molecule has 3 aromatic heterocycles. The maximum absolute atomic E-state index is 6.60. The second kappa shape index (κ2) is 13.6. The van der Waals surface area contributed by atoms with Gasteiger partial charge in [0.05, 0.1) is 16.7 Å². The Hall–Kier alpha value is -8.34. The topological polar surface area (TPSA) is 34.5 Å². The molecule has 62 heavy (non-hydrogen) atoms. The zero-order valence-corrected chi connectivity index (χ0v) is 33.5. The predicted molar refractivity (Wildman–Crippen MR) is 258 cm³/mol. The maximum atomic E-state index is 6.60. The number of hydrogen-bond donors (Lipinski definition) is 0. The van der Waals surface area contributed by atoms with Crippen LogP contribution in [0, 0.1) is 0 Å². The molecule has 0 saturated heterocycles. The molecule has 0 fully saturated rings. The monoisotopic (exact) mass is 792 g/mol. The molecular formula is C58H36N2O2. The Labute approximate surface area is 356 Å². The molecule has 13 rings (SSSR count). The van der Waals surface area contributed by atoms with Crippen molar-refractivity contribution >= 4 is 93.5 Å². The van der Waals surface area contributed by atoms with Gasteiger partial charge in [0.1, 0.15) is 22.3 Å². The summed E-state index contributed by atoms with van der Waals surface area (Å²) in [5.74, 6) is 0. The molecular weight excluding hydrogens is 757 g/mol. The fraction of sp³-hybridized carbons (Fsp3) is 0. The molecule has 0 unspecified atom stereocenters. The van der Waals surface area contributed by atoms with Crippen molar-refractivity contribution in [2.45, 2.75) is 0 Å². The van der Waals surface area contributed by atoms with Gasteiger partial charge < -0.3 is 18.3 Å². The summed E-state index contributed by atoms with van der Waals surface area (Å²) in [4.78, 5) is 2.40. The first-order valence-electron chi connectivity index (χ1n) is 21.1. The van der Waals surface area contributed by atoms with Crippen molar-refractivity contribution < 1.29 is 8.83 Å². The predicted octanol–water partition coefficient (Wildman–Crippen LogP) is 16.5. The molecule has 0 spiro atoms. The number of fused-ring (bicyclic) bond motifs is 10.